The van der Waals surface area contributed by atoms with E-state index in [-0.39, 0.29) is 5.75 Å². The minimum absolute atomic E-state index is 0.0193. The zero-order chi connectivity index (χ0) is 17.3. The Morgan fingerprint density at radius 2 is 1.32 bits per heavy atom. The quantitative estimate of drug-likeness (QED) is 0.578. The van der Waals surface area contributed by atoms with Crippen molar-refractivity contribution in [1.29, 1.82) is 0 Å². The van der Waals surface area contributed by atoms with Crippen LogP contribution < -0.4 is 15.9 Å². The van der Waals surface area contributed by atoms with E-state index in [1.54, 1.807) is 12.3 Å². The number of nitrogens with zero attached hydrogens (tertiary/aromatic N) is 1. The molecule has 0 aliphatic rings. The number of hydrogen-bond donors (Lipinski definition) is 1. The second-order valence-electron chi connectivity index (χ2n) is 5.79. The molecule has 0 atom stereocenters. The molecule has 1 heterocycles. The molecule has 0 bridgehead atoms. The molecule has 0 saturated carbocycles. The maximum Gasteiger partial charge on any atom is 0.174 e. The van der Waals surface area contributed by atoms with E-state index in [0.717, 1.165) is 5.39 Å². The summed E-state index contributed by atoms with van der Waals surface area (Å²) in [5.74, 6) is -0.0193. The molecule has 4 aromatic rings. The number of rotatable bonds is 3. The molecule has 4 rings (SSSR count). The number of phenolic OH excluding ortho intramolecular Hbond substituents is 1. The average Bonchev–Trinajstić information content (AvgIpc) is 2.69. The zero-order valence-corrected chi connectivity index (χ0v) is 14.3. The fourth-order valence-electron chi connectivity index (χ4n) is 3.08. The second kappa shape index (κ2) is 6.19. The van der Waals surface area contributed by atoms with Gasteiger partial charge in [-0.25, -0.2) is 0 Å². The molecule has 0 fully saturated rings. The van der Waals surface area contributed by atoms with E-state index in [4.69, 9.17) is 0 Å². The molecule has 3 nitrogen and oxygen atoms in total. The molecule has 0 aliphatic carbocycles. The molecule has 1 N–H and O–H groups in total. The molecule has 1 aromatic heterocycles. The Hall–Kier alpha value is -2.90. The normalized spacial score (nSPS) is 11.5. The number of hydrogen-bond acceptors (Lipinski definition) is 3. The highest BCUT2D eigenvalue weighted by Gasteiger charge is 2.32. The van der Waals surface area contributed by atoms with Gasteiger partial charge in [0.25, 0.3) is 0 Å². The lowest BCUT2D eigenvalue weighted by atomic mass is 10.2. The van der Waals surface area contributed by atoms with Gasteiger partial charge in [-0.2, -0.15) is 0 Å². The fourth-order valence-corrected chi connectivity index (χ4v) is 5.80. The molecule has 0 unspecified atom stereocenters. The topological polar surface area (TPSA) is 50.2 Å². The zero-order valence-electron chi connectivity index (χ0n) is 13.4. The molecule has 0 radical (unpaired) electrons. The van der Waals surface area contributed by atoms with Crippen molar-refractivity contribution in [2.75, 3.05) is 0 Å². The highest BCUT2D eigenvalue weighted by molar-refractivity contribution is 7.85. The predicted molar refractivity (Wildman–Crippen MR) is 103 cm³/mol. The van der Waals surface area contributed by atoms with Crippen LogP contribution in [0, 0.1) is 0 Å². The van der Waals surface area contributed by atoms with Crippen LogP contribution in [0.3, 0.4) is 0 Å². The van der Waals surface area contributed by atoms with E-state index in [0.29, 0.717) is 21.4 Å². The number of aromatic hydroxyl groups is 1. The Morgan fingerprint density at radius 3 is 1.92 bits per heavy atom. The summed E-state index contributed by atoms with van der Waals surface area (Å²) in [5, 5.41) is 13.5. The average molecular weight is 345 g/mol. The van der Waals surface area contributed by atoms with E-state index >= 15 is 0 Å². The number of benzene rings is 3. The van der Waals surface area contributed by atoms with Gasteiger partial charge in [-0.1, -0.05) is 72.8 Å². The molecular weight excluding hydrogens is 329 g/mol. The molecule has 0 saturated heterocycles. The monoisotopic (exact) mass is 345 g/mol. The third kappa shape index (κ3) is 2.54. The summed E-state index contributed by atoms with van der Waals surface area (Å²) >= 11 is 0. The molecule has 122 valence electrons. The Bertz CT molecular complexity index is 1040. The third-order valence-electron chi connectivity index (χ3n) is 4.31. The molecule has 0 amide bonds. The molecule has 0 aliphatic heterocycles. The fraction of sp³-hybridized carbons (Fsp3) is 0. The summed E-state index contributed by atoms with van der Waals surface area (Å²) in [7, 11) is -3.21. The van der Waals surface area contributed by atoms with Gasteiger partial charge in [-0.3, -0.25) is 4.98 Å². The Morgan fingerprint density at radius 1 is 0.720 bits per heavy atom. The Labute approximate surface area is 146 Å². The number of phenols is 1. The van der Waals surface area contributed by atoms with Crippen molar-refractivity contribution in [3.8, 4) is 5.75 Å². The van der Waals surface area contributed by atoms with E-state index in [1.807, 2.05) is 78.9 Å². The molecule has 3 aromatic carbocycles. The van der Waals surface area contributed by atoms with Crippen molar-refractivity contribution in [3.63, 3.8) is 0 Å². The van der Waals surface area contributed by atoms with Crippen molar-refractivity contribution in [3.05, 3.63) is 91.1 Å². The van der Waals surface area contributed by atoms with Crippen molar-refractivity contribution >= 4 is 34.0 Å². The van der Waals surface area contributed by atoms with Crippen LogP contribution in [-0.2, 0) is 4.57 Å². The minimum atomic E-state index is -3.21. The van der Waals surface area contributed by atoms with Crippen LogP contribution in [-0.4, -0.2) is 10.1 Å². The van der Waals surface area contributed by atoms with E-state index in [2.05, 4.69) is 4.98 Å². The van der Waals surface area contributed by atoms with E-state index in [9.17, 15) is 9.67 Å². The maximum absolute atomic E-state index is 14.3. The predicted octanol–water partition coefficient (Wildman–Crippen LogP) is 3.58. The first kappa shape index (κ1) is 15.6. The minimum Gasteiger partial charge on any atom is -0.505 e. The van der Waals surface area contributed by atoms with Crippen LogP contribution in [0.15, 0.2) is 91.1 Å². The van der Waals surface area contributed by atoms with Crippen LogP contribution in [0.25, 0.3) is 10.9 Å². The number of aromatic nitrogens is 1. The van der Waals surface area contributed by atoms with E-state index < -0.39 is 7.14 Å². The van der Waals surface area contributed by atoms with Gasteiger partial charge in [-0.15, -0.1) is 0 Å². The van der Waals surface area contributed by atoms with Crippen molar-refractivity contribution in [2.45, 2.75) is 0 Å². The molecule has 4 heteroatoms. The third-order valence-corrected chi connectivity index (χ3v) is 7.40. The van der Waals surface area contributed by atoms with Crippen molar-refractivity contribution in [2.24, 2.45) is 0 Å². The van der Waals surface area contributed by atoms with Gasteiger partial charge in [-0.05, 0) is 12.1 Å². The standard InChI is InChI=1S/C21H16NO2P/c23-21-19(14-13-16-8-7-15-22-20(16)21)25(24,17-9-3-1-4-10-17)18-11-5-2-6-12-18/h1-15,23H. The molecule has 25 heavy (non-hydrogen) atoms. The van der Waals surface area contributed by atoms with Gasteiger partial charge < -0.3 is 9.67 Å². The van der Waals surface area contributed by atoms with Crippen LogP contribution >= 0.6 is 7.14 Å². The SMILES string of the molecule is O=P(c1ccccc1)(c1ccccc1)c1ccc2cccnc2c1O. The van der Waals surface area contributed by atoms with Gasteiger partial charge in [0.2, 0.25) is 0 Å². The number of pyridine rings is 1. The van der Waals surface area contributed by atoms with Gasteiger partial charge in [0.05, 0.1) is 5.30 Å². The Kier molecular flexibility index (Phi) is 3.87. The highest BCUT2D eigenvalue weighted by atomic mass is 31.2. The van der Waals surface area contributed by atoms with Crippen molar-refractivity contribution in [1.82, 2.24) is 4.98 Å². The van der Waals surface area contributed by atoms with Crippen LogP contribution in [0.5, 0.6) is 5.75 Å². The van der Waals surface area contributed by atoms with Crippen LogP contribution in [0.2, 0.25) is 0 Å². The summed E-state index contributed by atoms with van der Waals surface area (Å²) < 4.78 is 14.3. The highest BCUT2D eigenvalue weighted by Crippen LogP contribution is 2.45. The lowest BCUT2D eigenvalue weighted by molar-refractivity contribution is 0.484. The van der Waals surface area contributed by atoms with E-state index in [1.165, 1.54) is 0 Å². The Balaban J connectivity index is 2.06. The smallest absolute Gasteiger partial charge is 0.174 e. The molecule has 0 spiro atoms. The summed E-state index contributed by atoms with van der Waals surface area (Å²) in [6, 6.07) is 25.9. The summed E-state index contributed by atoms with van der Waals surface area (Å²) in [6.45, 7) is 0. The largest absolute Gasteiger partial charge is 0.505 e. The van der Waals surface area contributed by atoms with Crippen LogP contribution in [0.4, 0.5) is 0 Å². The van der Waals surface area contributed by atoms with Gasteiger partial charge in [0.15, 0.2) is 12.9 Å². The lowest BCUT2D eigenvalue weighted by Crippen LogP contribution is -2.25. The molecular formula is C21H16NO2P. The lowest BCUT2D eigenvalue weighted by Gasteiger charge is -2.21. The van der Waals surface area contributed by atoms with Gasteiger partial charge in [0, 0.05) is 22.2 Å². The number of fused-ring (bicyclic) bond motifs is 1. The van der Waals surface area contributed by atoms with Gasteiger partial charge >= 0.3 is 0 Å². The first-order valence-corrected chi connectivity index (χ1v) is 9.70. The van der Waals surface area contributed by atoms with Crippen molar-refractivity contribution < 1.29 is 9.67 Å². The summed E-state index contributed by atoms with van der Waals surface area (Å²) in [4.78, 5) is 4.27. The second-order valence-corrected chi connectivity index (χ2v) is 8.52. The maximum atomic E-state index is 14.3. The summed E-state index contributed by atoms with van der Waals surface area (Å²) in [6.07, 6.45) is 1.63. The van der Waals surface area contributed by atoms with Crippen LogP contribution in [0.1, 0.15) is 0 Å². The first-order chi connectivity index (χ1) is 12.2. The first-order valence-electron chi connectivity index (χ1n) is 8.00. The van der Waals surface area contributed by atoms with Gasteiger partial charge in [0.1, 0.15) is 5.52 Å². The summed E-state index contributed by atoms with van der Waals surface area (Å²) in [5.41, 5.74) is 0.465.